The molecule has 0 amide bonds. The molecule has 0 bridgehead atoms. The first-order chi connectivity index (χ1) is 7.68. The van der Waals surface area contributed by atoms with Crippen LogP contribution in [0.15, 0.2) is 0 Å². The van der Waals surface area contributed by atoms with Crippen molar-refractivity contribution in [3.05, 3.63) is 0 Å². The monoisotopic (exact) mass is 265 g/mol. The molecule has 1 N–H and O–H groups in total. The highest BCUT2D eigenvalue weighted by atomic mass is 35.5. The SMILES string of the molecule is CCCCCC[N+](C)(CCO)CCCCC.[Cl-]. The van der Waals surface area contributed by atoms with Crippen molar-refractivity contribution in [3.63, 3.8) is 0 Å². The van der Waals surface area contributed by atoms with Gasteiger partial charge in [-0.25, -0.2) is 0 Å². The van der Waals surface area contributed by atoms with Crippen molar-refractivity contribution < 1.29 is 22.0 Å². The summed E-state index contributed by atoms with van der Waals surface area (Å²) in [4.78, 5) is 0. The topological polar surface area (TPSA) is 20.2 Å². The van der Waals surface area contributed by atoms with E-state index >= 15 is 0 Å². The van der Waals surface area contributed by atoms with E-state index in [1.165, 1.54) is 58.0 Å². The van der Waals surface area contributed by atoms with Gasteiger partial charge in [-0.05, 0) is 25.7 Å². The number of unbranched alkanes of at least 4 members (excludes halogenated alkanes) is 5. The molecule has 0 aliphatic carbocycles. The molecule has 1 atom stereocenters. The Morgan fingerprint density at radius 2 is 1.24 bits per heavy atom. The Kier molecular flexibility index (Phi) is 14.6. The third-order valence-corrected chi connectivity index (χ3v) is 3.49. The molecule has 0 radical (unpaired) electrons. The zero-order chi connectivity index (χ0) is 12.3. The molecular formula is C14H32ClNO. The lowest BCUT2D eigenvalue weighted by Gasteiger charge is -2.34. The summed E-state index contributed by atoms with van der Waals surface area (Å²) in [5.74, 6) is 0. The largest absolute Gasteiger partial charge is 1.00 e. The minimum Gasteiger partial charge on any atom is -1.00 e. The Bertz CT molecular complexity index is 155. The first kappa shape index (κ1) is 19.5. The van der Waals surface area contributed by atoms with E-state index in [1.807, 2.05) is 0 Å². The van der Waals surface area contributed by atoms with E-state index in [4.69, 9.17) is 5.11 Å². The Hall–Kier alpha value is 0.210. The van der Waals surface area contributed by atoms with Crippen LogP contribution in [0.25, 0.3) is 0 Å². The van der Waals surface area contributed by atoms with Crippen LogP contribution in [0, 0.1) is 0 Å². The summed E-state index contributed by atoms with van der Waals surface area (Å²) in [6.45, 7) is 8.23. The highest BCUT2D eigenvalue weighted by molar-refractivity contribution is 4.45. The van der Waals surface area contributed by atoms with E-state index in [1.54, 1.807) is 0 Å². The Morgan fingerprint density at radius 3 is 1.71 bits per heavy atom. The molecule has 0 aliphatic rings. The second kappa shape index (κ2) is 12.7. The van der Waals surface area contributed by atoms with Crippen LogP contribution in [0.3, 0.4) is 0 Å². The lowest BCUT2D eigenvalue weighted by molar-refractivity contribution is -0.910. The van der Waals surface area contributed by atoms with E-state index < -0.39 is 0 Å². The first-order valence-corrected chi connectivity index (χ1v) is 7.13. The maximum atomic E-state index is 9.15. The van der Waals surface area contributed by atoms with Gasteiger partial charge >= 0.3 is 0 Å². The number of halogens is 1. The molecule has 0 rings (SSSR count). The smallest absolute Gasteiger partial charge is 0.102 e. The molecule has 106 valence electrons. The van der Waals surface area contributed by atoms with Gasteiger partial charge in [-0.2, -0.15) is 0 Å². The molecule has 0 saturated heterocycles. The minimum atomic E-state index is 0. The third-order valence-electron chi connectivity index (χ3n) is 3.49. The fourth-order valence-corrected chi connectivity index (χ4v) is 2.24. The van der Waals surface area contributed by atoms with Gasteiger partial charge in [-0.1, -0.05) is 33.1 Å². The summed E-state index contributed by atoms with van der Waals surface area (Å²) in [5, 5.41) is 9.15. The number of aliphatic hydroxyl groups excluding tert-OH is 1. The molecule has 0 aromatic rings. The van der Waals surface area contributed by atoms with Crippen molar-refractivity contribution in [1.29, 1.82) is 0 Å². The molecule has 0 aromatic carbocycles. The third kappa shape index (κ3) is 11.1. The fourth-order valence-electron chi connectivity index (χ4n) is 2.24. The van der Waals surface area contributed by atoms with Crippen LogP contribution in [0.1, 0.15) is 58.8 Å². The second-order valence-electron chi connectivity index (χ2n) is 5.28. The number of likely N-dealkylation sites (N-methyl/N-ethyl adjacent to an activating group) is 1. The van der Waals surface area contributed by atoms with E-state index in [-0.39, 0.29) is 12.4 Å². The molecule has 1 unspecified atom stereocenters. The summed E-state index contributed by atoms with van der Waals surface area (Å²) in [7, 11) is 2.30. The summed E-state index contributed by atoms with van der Waals surface area (Å²) in [6, 6.07) is 0. The maximum Gasteiger partial charge on any atom is 0.102 e. The van der Waals surface area contributed by atoms with Gasteiger partial charge in [-0.3, -0.25) is 0 Å². The second-order valence-corrected chi connectivity index (χ2v) is 5.28. The van der Waals surface area contributed by atoms with E-state index in [2.05, 4.69) is 20.9 Å². The Balaban J connectivity index is 0. The minimum absolute atomic E-state index is 0. The maximum absolute atomic E-state index is 9.15. The van der Waals surface area contributed by atoms with Crippen molar-refractivity contribution in [3.8, 4) is 0 Å². The summed E-state index contributed by atoms with van der Waals surface area (Å²) < 4.78 is 1.07. The lowest BCUT2D eigenvalue weighted by Crippen LogP contribution is -3.00. The molecule has 0 fully saturated rings. The normalized spacial score (nSPS) is 14.1. The Labute approximate surface area is 114 Å². The number of nitrogens with zero attached hydrogens (tertiary/aromatic N) is 1. The molecule has 0 aromatic heterocycles. The van der Waals surface area contributed by atoms with Crippen LogP contribution >= 0.6 is 0 Å². The van der Waals surface area contributed by atoms with Gasteiger partial charge in [0.2, 0.25) is 0 Å². The number of hydrogen-bond donors (Lipinski definition) is 1. The van der Waals surface area contributed by atoms with Crippen molar-refractivity contribution in [2.75, 3.05) is 33.3 Å². The van der Waals surface area contributed by atoms with Crippen LogP contribution in [0.4, 0.5) is 0 Å². The number of rotatable bonds is 11. The predicted molar refractivity (Wildman–Crippen MR) is 71.5 cm³/mol. The van der Waals surface area contributed by atoms with Crippen molar-refractivity contribution in [2.24, 2.45) is 0 Å². The van der Waals surface area contributed by atoms with Gasteiger partial charge in [0.15, 0.2) is 0 Å². The van der Waals surface area contributed by atoms with Gasteiger partial charge in [0, 0.05) is 0 Å². The Morgan fingerprint density at radius 1 is 0.765 bits per heavy atom. The molecule has 3 heteroatoms. The van der Waals surface area contributed by atoms with Gasteiger partial charge in [0.25, 0.3) is 0 Å². The zero-order valence-corrected chi connectivity index (χ0v) is 12.8. The van der Waals surface area contributed by atoms with Gasteiger partial charge in [0.1, 0.15) is 6.54 Å². The summed E-state index contributed by atoms with van der Waals surface area (Å²) >= 11 is 0. The molecule has 0 spiro atoms. The van der Waals surface area contributed by atoms with E-state index in [0.717, 1.165) is 11.0 Å². The quantitative estimate of drug-likeness (QED) is 0.418. The number of hydrogen-bond acceptors (Lipinski definition) is 1. The molecular weight excluding hydrogens is 234 g/mol. The van der Waals surface area contributed by atoms with Gasteiger partial charge in [0.05, 0.1) is 26.7 Å². The van der Waals surface area contributed by atoms with Crippen molar-refractivity contribution in [2.45, 2.75) is 58.8 Å². The predicted octanol–water partition coefficient (Wildman–Crippen LogP) is 0.200. The highest BCUT2D eigenvalue weighted by Gasteiger charge is 2.19. The zero-order valence-electron chi connectivity index (χ0n) is 12.1. The first-order valence-electron chi connectivity index (χ1n) is 7.13. The molecule has 0 heterocycles. The van der Waals surface area contributed by atoms with Crippen LogP contribution in [0.2, 0.25) is 0 Å². The van der Waals surface area contributed by atoms with Crippen LogP contribution < -0.4 is 12.4 Å². The molecule has 0 saturated carbocycles. The lowest BCUT2D eigenvalue weighted by atomic mass is 10.1. The van der Waals surface area contributed by atoms with Crippen molar-refractivity contribution in [1.82, 2.24) is 0 Å². The number of aliphatic hydroxyl groups is 1. The summed E-state index contributed by atoms with van der Waals surface area (Å²) in [5.41, 5.74) is 0. The van der Waals surface area contributed by atoms with Crippen LogP contribution in [-0.4, -0.2) is 42.9 Å². The summed E-state index contributed by atoms with van der Waals surface area (Å²) in [6.07, 6.45) is 9.25. The van der Waals surface area contributed by atoms with Gasteiger partial charge < -0.3 is 22.0 Å². The average molecular weight is 266 g/mol. The number of quaternary nitrogens is 1. The highest BCUT2D eigenvalue weighted by Crippen LogP contribution is 2.10. The standard InChI is InChI=1S/C14H32NO.ClH/c1-4-6-8-10-12-15(3,13-14-16)11-9-7-5-2;/h16H,4-14H2,1-3H3;1H/q+1;/p-1. The molecule has 0 aliphatic heterocycles. The fraction of sp³-hybridized carbons (Fsp3) is 1.00. The molecule has 17 heavy (non-hydrogen) atoms. The average Bonchev–Trinajstić information content (AvgIpc) is 2.25. The van der Waals surface area contributed by atoms with Crippen molar-refractivity contribution >= 4 is 0 Å². The van der Waals surface area contributed by atoms with E-state index in [0.29, 0.717) is 6.61 Å². The molecule has 2 nitrogen and oxygen atoms in total. The van der Waals surface area contributed by atoms with Crippen LogP contribution in [-0.2, 0) is 0 Å². The van der Waals surface area contributed by atoms with E-state index in [9.17, 15) is 0 Å². The van der Waals surface area contributed by atoms with Crippen LogP contribution in [0.5, 0.6) is 0 Å². The van der Waals surface area contributed by atoms with Gasteiger partial charge in [-0.15, -0.1) is 0 Å².